The van der Waals surface area contributed by atoms with E-state index >= 15 is 0 Å². The van der Waals surface area contributed by atoms with E-state index in [1.807, 2.05) is 43.3 Å². The first-order valence-corrected chi connectivity index (χ1v) is 8.07. The summed E-state index contributed by atoms with van der Waals surface area (Å²) in [6.45, 7) is 1.89. The van der Waals surface area contributed by atoms with Crippen LogP contribution in [0, 0.1) is 6.92 Å². The number of carbonyl (C=O) groups excluding carboxylic acids is 1. The van der Waals surface area contributed by atoms with Crippen molar-refractivity contribution in [1.29, 1.82) is 0 Å². The molecule has 1 N–H and O–H groups in total. The molecule has 3 rings (SSSR count). The van der Waals surface area contributed by atoms with Gasteiger partial charge in [0, 0.05) is 5.56 Å². The number of aryl methyl sites for hydroxylation is 1. The topological polar surface area (TPSA) is 71.8 Å². The van der Waals surface area contributed by atoms with Crippen LogP contribution in [0.2, 0.25) is 0 Å². The first-order valence-electron chi connectivity index (χ1n) is 7.09. The zero-order chi connectivity index (χ0) is 16.1. The van der Waals surface area contributed by atoms with Crippen LogP contribution in [0.1, 0.15) is 27.7 Å². The summed E-state index contributed by atoms with van der Waals surface area (Å²) in [5.41, 5.74) is 0.698. The Morgan fingerprint density at radius 2 is 2.04 bits per heavy atom. The largest absolute Gasteiger partial charge is 0.462 e. The Hall–Kier alpha value is -2.60. The summed E-state index contributed by atoms with van der Waals surface area (Å²) in [6.07, 6.45) is 3.60. The van der Waals surface area contributed by atoms with Crippen molar-refractivity contribution in [2.45, 2.75) is 12.1 Å². The molecule has 3 aromatic rings. The maximum Gasteiger partial charge on any atom is 0.209 e. The predicted molar refractivity (Wildman–Crippen MR) is 90.3 cm³/mol. The summed E-state index contributed by atoms with van der Waals surface area (Å²) in [6, 6.07) is 13.0. The Morgan fingerprint density at radius 1 is 1.22 bits per heavy atom. The highest BCUT2D eigenvalue weighted by molar-refractivity contribution is 7.99. The number of nitrogens with one attached hydrogen (secondary N) is 1. The van der Waals surface area contributed by atoms with Crippen LogP contribution >= 0.6 is 11.8 Å². The number of nitrogens with zero attached hydrogens (tertiary/aromatic N) is 2. The van der Waals surface area contributed by atoms with Gasteiger partial charge in [-0.2, -0.15) is 0 Å². The summed E-state index contributed by atoms with van der Waals surface area (Å²) in [5.74, 6) is 2.60. The molecule has 1 aromatic carbocycles. The van der Waals surface area contributed by atoms with E-state index in [1.165, 1.54) is 11.8 Å². The number of H-pyrrole nitrogens is 1. The standard InChI is InChI=1S/C17H15N3O2S/c1-12-7-8-14(22-12)9-10-16-18-17(20-19-16)23-11-15(21)13-5-3-2-4-6-13/h2-10H,11H2,1H3,(H,18,19,20). The zero-order valence-corrected chi connectivity index (χ0v) is 13.3. The van der Waals surface area contributed by atoms with Gasteiger partial charge in [0.1, 0.15) is 17.3 Å². The number of benzene rings is 1. The minimum atomic E-state index is 0.0588. The second-order valence-corrected chi connectivity index (χ2v) is 5.81. The maximum absolute atomic E-state index is 12.0. The quantitative estimate of drug-likeness (QED) is 0.550. The van der Waals surface area contributed by atoms with Crippen LogP contribution in [0.3, 0.4) is 0 Å². The van der Waals surface area contributed by atoms with Crippen molar-refractivity contribution in [2.24, 2.45) is 0 Å². The summed E-state index contributed by atoms with van der Waals surface area (Å²) >= 11 is 1.31. The van der Waals surface area contributed by atoms with E-state index in [4.69, 9.17) is 4.42 Å². The molecule has 0 aliphatic rings. The van der Waals surface area contributed by atoms with Crippen LogP contribution in [-0.4, -0.2) is 26.7 Å². The van der Waals surface area contributed by atoms with Crippen molar-refractivity contribution in [3.8, 4) is 0 Å². The smallest absolute Gasteiger partial charge is 0.209 e. The minimum absolute atomic E-state index is 0.0588. The van der Waals surface area contributed by atoms with Gasteiger partial charge in [-0.1, -0.05) is 42.1 Å². The molecule has 2 aromatic heterocycles. The van der Waals surface area contributed by atoms with Crippen LogP contribution in [0.15, 0.2) is 52.0 Å². The highest BCUT2D eigenvalue weighted by Gasteiger charge is 2.08. The molecule has 0 fully saturated rings. The molecule has 0 amide bonds. The van der Waals surface area contributed by atoms with Crippen LogP contribution in [-0.2, 0) is 0 Å². The first kappa shape index (κ1) is 15.3. The summed E-state index contributed by atoms with van der Waals surface area (Å²) in [4.78, 5) is 16.3. The third-order valence-electron chi connectivity index (χ3n) is 3.08. The molecule has 0 unspecified atom stereocenters. The molecule has 23 heavy (non-hydrogen) atoms. The number of aromatic amines is 1. The second-order valence-electron chi connectivity index (χ2n) is 4.86. The lowest BCUT2D eigenvalue weighted by Crippen LogP contribution is -2.01. The maximum atomic E-state index is 12.0. The monoisotopic (exact) mass is 325 g/mol. The Balaban J connectivity index is 1.57. The summed E-state index contributed by atoms with van der Waals surface area (Å²) < 4.78 is 5.44. The first-order chi connectivity index (χ1) is 11.2. The average Bonchev–Trinajstić information content (AvgIpc) is 3.20. The zero-order valence-electron chi connectivity index (χ0n) is 12.5. The molecule has 0 saturated carbocycles. The van der Waals surface area contributed by atoms with Crippen molar-refractivity contribution in [2.75, 3.05) is 5.75 Å². The number of aromatic nitrogens is 3. The van der Waals surface area contributed by atoms with Gasteiger partial charge in [-0.15, -0.1) is 5.10 Å². The van der Waals surface area contributed by atoms with Crippen LogP contribution < -0.4 is 0 Å². The lowest BCUT2D eigenvalue weighted by atomic mass is 10.2. The fraction of sp³-hybridized carbons (Fsp3) is 0.118. The molecule has 0 radical (unpaired) electrons. The van der Waals surface area contributed by atoms with Crippen LogP contribution in [0.5, 0.6) is 0 Å². The van der Waals surface area contributed by atoms with Gasteiger partial charge in [-0.05, 0) is 31.2 Å². The molecule has 0 bridgehead atoms. The Bertz CT molecular complexity index is 821. The van der Waals surface area contributed by atoms with E-state index in [-0.39, 0.29) is 5.78 Å². The van der Waals surface area contributed by atoms with E-state index in [9.17, 15) is 4.79 Å². The minimum Gasteiger partial charge on any atom is -0.462 e. The molecule has 0 saturated heterocycles. The average molecular weight is 325 g/mol. The third-order valence-corrected chi connectivity index (χ3v) is 3.92. The van der Waals surface area contributed by atoms with Gasteiger partial charge in [-0.25, -0.2) is 4.98 Å². The Morgan fingerprint density at radius 3 is 2.78 bits per heavy atom. The molecular weight excluding hydrogens is 310 g/mol. The van der Waals surface area contributed by atoms with Crippen molar-refractivity contribution in [1.82, 2.24) is 15.2 Å². The van der Waals surface area contributed by atoms with Crippen molar-refractivity contribution >= 4 is 29.7 Å². The van der Waals surface area contributed by atoms with Crippen LogP contribution in [0.25, 0.3) is 12.2 Å². The van der Waals surface area contributed by atoms with E-state index in [1.54, 1.807) is 18.2 Å². The number of hydrogen-bond donors (Lipinski definition) is 1. The van der Waals surface area contributed by atoms with E-state index in [0.717, 1.165) is 11.5 Å². The number of rotatable bonds is 6. The Kier molecular flexibility index (Phi) is 4.73. The molecular formula is C17H15N3O2S. The van der Waals surface area contributed by atoms with E-state index in [0.29, 0.717) is 22.3 Å². The molecule has 6 heteroatoms. The highest BCUT2D eigenvalue weighted by Crippen LogP contribution is 2.16. The lowest BCUT2D eigenvalue weighted by Gasteiger charge is -1.97. The fourth-order valence-electron chi connectivity index (χ4n) is 1.94. The fourth-order valence-corrected chi connectivity index (χ4v) is 2.64. The molecule has 116 valence electrons. The second kappa shape index (κ2) is 7.11. The van der Waals surface area contributed by atoms with Gasteiger partial charge >= 0.3 is 0 Å². The summed E-state index contributed by atoms with van der Waals surface area (Å²) in [7, 11) is 0. The van der Waals surface area contributed by atoms with Gasteiger partial charge < -0.3 is 4.42 Å². The predicted octanol–water partition coefficient (Wildman–Crippen LogP) is 3.85. The number of furan rings is 1. The molecule has 0 spiro atoms. The van der Waals surface area contributed by atoms with Crippen molar-refractivity contribution in [3.63, 3.8) is 0 Å². The Labute approximate surface area is 137 Å². The molecule has 2 heterocycles. The molecule has 0 atom stereocenters. The van der Waals surface area contributed by atoms with Crippen molar-refractivity contribution < 1.29 is 9.21 Å². The van der Waals surface area contributed by atoms with E-state index in [2.05, 4.69) is 15.2 Å². The lowest BCUT2D eigenvalue weighted by molar-refractivity contribution is 0.102. The number of ketones is 1. The van der Waals surface area contributed by atoms with Gasteiger partial charge in [-0.3, -0.25) is 9.89 Å². The molecule has 0 aliphatic heterocycles. The normalized spacial score (nSPS) is 11.2. The number of carbonyl (C=O) groups is 1. The third kappa shape index (κ3) is 4.20. The highest BCUT2D eigenvalue weighted by atomic mass is 32.2. The van der Waals surface area contributed by atoms with Crippen LogP contribution in [0.4, 0.5) is 0 Å². The molecule has 0 aliphatic carbocycles. The number of thioether (sulfide) groups is 1. The summed E-state index contributed by atoms with van der Waals surface area (Å²) in [5, 5.41) is 7.46. The SMILES string of the molecule is Cc1ccc(C=Cc2nc(SCC(=O)c3ccccc3)n[nH]2)o1. The van der Waals surface area contributed by atoms with Crippen molar-refractivity contribution in [3.05, 3.63) is 65.4 Å². The van der Waals surface area contributed by atoms with Gasteiger partial charge in [0.25, 0.3) is 0 Å². The number of Topliss-reactive ketones (excluding diaryl/α,β-unsaturated/α-hetero) is 1. The number of hydrogen-bond acceptors (Lipinski definition) is 5. The van der Waals surface area contributed by atoms with E-state index < -0.39 is 0 Å². The van der Waals surface area contributed by atoms with Gasteiger partial charge in [0.05, 0.1) is 5.75 Å². The van der Waals surface area contributed by atoms with Gasteiger partial charge in [0.15, 0.2) is 5.78 Å². The van der Waals surface area contributed by atoms with Gasteiger partial charge in [0.2, 0.25) is 5.16 Å². The molecule has 5 nitrogen and oxygen atoms in total.